The summed E-state index contributed by atoms with van der Waals surface area (Å²) >= 11 is 0. The van der Waals surface area contributed by atoms with E-state index in [1.165, 1.54) is 19.4 Å². The van der Waals surface area contributed by atoms with E-state index >= 15 is 0 Å². The van der Waals surface area contributed by atoms with Crippen LogP contribution in [-0.2, 0) is 6.54 Å². The van der Waals surface area contributed by atoms with E-state index in [2.05, 4.69) is 53.4 Å². The number of likely N-dealkylation sites (tertiary alicyclic amines) is 1. The topological polar surface area (TPSA) is 65.7 Å². The molecule has 0 amide bonds. The summed E-state index contributed by atoms with van der Waals surface area (Å²) in [6.45, 7) is 13.2. The molecule has 1 aliphatic rings. The van der Waals surface area contributed by atoms with E-state index in [4.69, 9.17) is 4.52 Å². The molecule has 1 aromatic rings. The highest BCUT2D eigenvalue weighted by molar-refractivity contribution is 14.0. The molecule has 7 heteroatoms. The molecule has 24 heavy (non-hydrogen) atoms. The number of nitrogens with one attached hydrogen (secondary N) is 2. The fraction of sp³-hybridized carbons (Fsp3) is 0.765. The van der Waals surface area contributed by atoms with Crippen molar-refractivity contribution in [3.05, 3.63) is 17.5 Å². The molecule has 0 spiro atoms. The van der Waals surface area contributed by atoms with Gasteiger partial charge in [0.25, 0.3) is 0 Å². The summed E-state index contributed by atoms with van der Waals surface area (Å²) in [7, 11) is 0. The molecule has 138 valence electrons. The Hall–Kier alpha value is -0.830. The van der Waals surface area contributed by atoms with Crippen LogP contribution in [0.5, 0.6) is 0 Å². The normalized spacial score (nSPS) is 18.7. The number of nitrogens with zero attached hydrogens (tertiary/aromatic N) is 3. The third-order valence-electron chi connectivity index (χ3n) is 4.32. The van der Waals surface area contributed by atoms with Gasteiger partial charge in [0.05, 0.1) is 5.69 Å². The van der Waals surface area contributed by atoms with Gasteiger partial charge in [0.15, 0.2) is 11.7 Å². The molecule has 0 radical (unpaired) electrons. The highest BCUT2D eigenvalue weighted by atomic mass is 127. The average molecular weight is 449 g/mol. The van der Waals surface area contributed by atoms with Crippen LogP contribution in [0.2, 0.25) is 0 Å². The van der Waals surface area contributed by atoms with Gasteiger partial charge in [-0.3, -0.25) is 4.90 Å². The molecule has 1 aromatic heterocycles. The average Bonchev–Trinajstić information content (AvgIpc) is 3.18. The van der Waals surface area contributed by atoms with Crippen LogP contribution in [0.4, 0.5) is 0 Å². The smallest absolute Gasteiger partial charge is 0.191 e. The van der Waals surface area contributed by atoms with Crippen LogP contribution in [0.25, 0.3) is 0 Å². The first-order valence-corrected chi connectivity index (χ1v) is 8.85. The van der Waals surface area contributed by atoms with Crippen molar-refractivity contribution >= 4 is 29.9 Å². The van der Waals surface area contributed by atoms with Gasteiger partial charge in [0.2, 0.25) is 0 Å². The second kappa shape index (κ2) is 10.9. The molecule has 1 unspecified atom stereocenters. The van der Waals surface area contributed by atoms with Crippen LogP contribution in [0, 0.1) is 0 Å². The molecule has 0 bridgehead atoms. The zero-order chi connectivity index (χ0) is 16.7. The maximum absolute atomic E-state index is 5.35. The highest BCUT2D eigenvalue weighted by Gasteiger charge is 2.22. The highest BCUT2D eigenvalue weighted by Crippen LogP contribution is 2.16. The molecule has 0 saturated carbocycles. The summed E-state index contributed by atoms with van der Waals surface area (Å²) in [6.07, 6.45) is 2.56. The van der Waals surface area contributed by atoms with Gasteiger partial charge in [0, 0.05) is 25.2 Å². The SMILES string of the molecule is CCNC(=NCc1cc(C(C)C)no1)NCC1CCCN1CC.I. The summed E-state index contributed by atoms with van der Waals surface area (Å²) in [6, 6.07) is 2.61. The van der Waals surface area contributed by atoms with Gasteiger partial charge in [0.1, 0.15) is 6.54 Å². The molecule has 6 nitrogen and oxygen atoms in total. The van der Waals surface area contributed by atoms with Gasteiger partial charge in [-0.2, -0.15) is 0 Å². The first-order chi connectivity index (χ1) is 11.1. The zero-order valence-electron chi connectivity index (χ0n) is 15.3. The summed E-state index contributed by atoms with van der Waals surface area (Å²) in [5, 5.41) is 10.8. The Morgan fingerprint density at radius 3 is 2.83 bits per heavy atom. The zero-order valence-corrected chi connectivity index (χ0v) is 17.7. The maximum Gasteiger partial charge on any atom is 0.191 e. The van der Waals surface area contributed by atoms with Gasteiger partial charge in [-0.25, -0.2) is 4.99 Å². The predicted molar refractivity (Wildman–Crippen MR) is 109 cm³/mol. The number of guanidine groups is 1. The van der Waals surface area contributed by atoms with E-state index in [1.54, 1.807) is 0 Å². The van der Waals surface area contributed by atoms with E-state index in [0.29, 0.717) is 18.5 Å². The molecule has 1 fully saturated rings. The Morgan fingerprint density at radius 1 is 1.42 bits per heavy atom. The van der Waals surface area contributed by atoms with Crippen molar-refractivity contribution in [3.8, 4) is 0 Å². The predicted octanol–water partition coefficient (Wildman–Crippen LogP) is 2.96. The van der Waals surface area contributed by atoms with Crippen molar-refractivity contribution < 1.29 is 4.52 Å². The molecular formula is C17H32IN5O. The molecule has 2 heterocycles. The number of likely N-dealkylation sites (N-methyl/N-ethyl adjacent to an activating group) is 1. The van der Waals surface area contributed by atoms with E-state index in [1.807, 2.05) is 6.07 Å². The molecule has 1 aliphatic heterocycles. The van der Waals surface area contributed by atoms with E-state index in [9.17, 15) is 0 Å². The molecule has 0 aliphatic carbocycles. The van der Waals surface area contributed by atoms with Crippen LogP contribution in [0.15, 0.2) is 15.6 Å². The molecule has 1 atom stereocenters. The Bertz CT molecular complexity index is 503. The maximum atomic E-state index is 5.35. The lowest BCUT2D eigenvalue weighted by atomic mass is 10.1. The van der Waals surface area contributed by atoms with Gasteiger partial charge >= 0.3 is 0 Å². The minimum absolute atomic E-state index is 0. The second-order valence-corrected chi connectivity index (χ2v) is 6.37. The first-order valence-electron chi connectivity index (χ1n) is 8.85. The number of aromatic nitrogens is 1. The van der Waals surface area contributed by atoms with Gasteiger partial charge in [-0.15, -0.1) is 24.0 Å². The monoisotopic (exact) mass is 449 g/mol. The van der Waals surface area contributed by atoms with E-state index in [-0.39, 0.29) is 24.0 Å². The quantitative estimate of drug-likeness (QED) is 0.381. The van der Waals surface area contributed by atoms with Gasteiger partial charge < -0.3 is 15.2 Å². The van der Waals surface area contributed by atoms with Crippen LogP contribution >= 0.6 is 24.0 Å². The number of aliphatic imine (C=N–C) groups is 1. The molecule has 1 saturated heterocycles. The lowest BCUT2D eigenvalue weighted by molar-refractivity contribution is 0.267. The van der Waals surface area contributed by atoms with Crippen molar-refractivity contribution in [2.24, 2.45) is 4.99 Å². The lowest BCUT2D eigenvalue weighted by Crippen LogP contribution is -2.44. The first kappa shape index (κ1) is 21.2. The number of hydrogen-bond acceptors (Lipinski definition) is 4. The van der Waals surface area contributed by atoms with Crippen LogP contribution < -0.4 is 10.6 Å². The molecule has 0 aromatic carbocycles. The third-order valence-corrected chi connectivity index (χ3v) is 4.32. The van der Waals surface area contributed by atoms with Crippen molar-refractivity contribution in [1.82, 2.24) is 20.7 Å². The lowest BCUT2D eigenvalue weighted by Gasteiger charge is -2.23. The molecule has 2 N–H and O–H groups in total. The van der Waals surface area contributed by atoms with Crippen LogP contribution in [-0.4, -0.2) is 48.2 Å². The Balaban J connectivity index is 0.00000288. The molecule has 2 rings (SSSR count). The summed E-state index contributed by atoms with van der Waals surface area (Å²) in [5.41, 5.74) is 0.984. The molecular weight excluding hydrogens is 417 g/mol. The summed E-state index contributed by atoms with van der Waals surface area (Å²) in [5.74, 6) is 2.03. The Kier molecular flexibility index (Phi) is 9.65. The fourth-order valence-electron chi connectivity index (χ4n) is 2.93. The van der Waals surface area contributed by atoms with Crippen molar-refractivity contribution in [2.75, 3.05) is 26.2 Å². The Morgan fingerprint density at radius 2 is 2.21 bits per heavy atom. The second-order valence-electron chi connectivity index (χ2n) is 6.37. The fourth-order valence-corrected chi connectivity index (χ4v) is 2.93. The number of halogens is 1. The third kappa shape index (κ3) is 6.23. The minimum atomic E-state index is 0. The van der Waals surface area contributed by atoms with Crippen LogP contribution in [0.1, 0.15) is 57.9 Å². The largest absolute Gasteiger partial charge is 0.359 e. The van der Waals surface area contributed by atoms with Crippen molar-refractivity contribution in [3.63, 3.8) is 0 Å². The summed E-state index contributed by atoms with van der Waals surface area (Å²) in [4.78, 5) is 7.14. The van der Waals surface area contributed by atoms with Crippen molar-refractivity contribution in [1.29, 1.82) is 0 Å². The van der Waals surface area contributed by atoms with Crippen LogP contribution in [0.3, 0.4) is 0 Å². The van der Waals surface area contributed by atoms with E-state index < -0.39 is 0 Å². The minimum Gasteiger partial charge on any atom is -0.359 e. The summed E-state index contributed by atoms with van der Waals surface area (Å²) < 4.78 is 5.35. The standard InChI is InChI=1S/C17H31N5O.HI/c1-5-18-17(19-11-14-8-7-9-22(14)6-2)20-12-15-10-16(13(3)4)21-23-15;/h10,13-14H,5-9,11-12H2,1-4H3,(H2,18,19,20);1H. The van der Waals surface area contributed by atoms with Gasteiger partial charge in [-0.1, -0.05) is 25.9 Å². The Labute approximate surface area is 162 Å². The number of hydrogen-bond donors (Lipinski definition) is 2. The van der Waals surface area contributed by atoms with E-state index in [0.717, 1.165) is 37.0 Å². The van der Waals surface area contributed by atoms with Crippen molar-refractivity contribution in [2.45, 2.75) is 59.0 Å². The number of rotatable bonds is 7. The van der Waals surface area contributed by atoms with Gasteiger partial charge in [-0.05, 0) is 38.8 Å².